The van der Waals surface area contributed by atoms with Crippen molar-refractivity contribution in [2.75, 3.05) is 26.2 Å². The molecular weight excluding hydrogens is 354 g/mol. The van der Waals surface area contributed by atoms with Crippen LogP contribution >= 0.6 is 0 Å². The van der Waals surface area contributed by atoms with Crippen molar-refractivity contribution in [3.05, 3.63) is 84.1 Å². The molecule has 4 rings (SSSR count). The first-order valence-corrected chi connectivity index (χ1v) is 9.51. The molecule has 0 bridgehead atoms. The summed E-state index contributed by atoms with van der Waals surface area (Å²) in [6.45, 7) is 2.18. The third kappa shape index (κ3) is 3.86. The Morgan fingerprint density at radius 3 is 2.32 bits per heavy atom. The molecule has 1 atom stereocenters. The largest absolute Gasteiger partial charge is 0.469 e. The van der Waals surface area contributed by atoms with E-state index < -0.39 is 0 Å². The standard InChI is InChI=1S/C22H23N3O3/c26-21(16-18(20-9-5-15-28-20)17-6-2-1-3-7-17)24-11-13-25(14-12-24)22(27)19-8-4-10-23-19/h1-10,15,18,23H,11-14,16H2. The van der Waals surface area contributed by atoms with Gasteiger partial charge in [-0.05, 0) is 29.8 Å². The van der Waals surface area contributed by atoms with Crippen molar-refractivity contribution in [1.82, 2.24) is 14.8 Å². The summed E-state index contributed by atoms with van der Waals surface area (Å²) in [5.74, 6) is 0.745. The third-order valence-electron chi connectivity index (χ3n) is 5.22. The van der Waals surface area contributed by atoms with Gasteiger partial charge in [0.15, 0.2) is 0 Å². The zero-order valence-corrected chi connectivity index (χ0v) is 15.6. The van der Waals surface area contributed by atoms with Gasteiger partial charge in [-0.2, -0.15) is 0 Å². The molecule has 28 heavy (non-hydrogen) atoms. The monoisotopic (exact) mass is 377 g/mol. The van der Waals surface area contributed by atoms with Gasteiger partial charge in [-0.25, -0.2) is 0 Å². The first-order chi connectivity index (χ1) is 13.7. The lowest BCUT2D eigenvalue weighted by Gasteiger charge is -2.35. The number of carbonyl (C=O) groups excluding carboxylic acids is 2. The Balaban J connectivity index is 1.40. The molecule has 1 N–H and O–H groups in total. The predicted molar refractivity (Wildman–Crippen MR) is 105 cm³/mol. The Bertz CT molecular complexity index is 896. The van der Waals surface area contributed by atoms with Crippen LogP contribution in [0.3, 0.4) is 0 Å². The quantitative estimate of drug-likeness (QED) is 0.743. The average molecular weight is 377 g/mol. The van der Waals surface area contributed by atoms with Crippen LogP contribution in [0.15, 0.2) is 71.5 Å². The molecule has 2 amide bonds. The van der Waals surface area contributed by atoms with Gasteiger partial charge in [0.05, 0.1) is 12.2 Å². The average Bonchev–Trinajstić information content (AvgIpc) is 3.46. The van der Waals surface area contributed by atoms with E-state index in [9.17, 15) is 9.59 Å². The lowest BCUT2D eigenvalue weighted by atomic mass is 9.92. The number of hydrogen-bond acceptors (Lipinski definition) is 3. The van der Waals surface area contributed by atoms with E-state index in [1.165, 1.54) is 0 Å². The maximum absolute atomic E-state index is 13.0. The Morgan fingerprint density at radius 2 is 1.68 bits per heavy atom. The molecule has 6 nitrogen and oxygen atoms in total. The first-order valence-electron chi connectivity index (χ1n) is 9.51. The number of nitrogens with zero attached hydrogens (tertiary/aromatic N) is 2. The van der Waals surface area contributed by atoms with E-state index in [1.54, 1.807) is 23.4 Å². The van der Waals surface area contributed by atoms with Crippen LogP contribution in [0, 0.1) is 0 Å². The highest BCUT2D eigenvalue weighted by Crippen LogP contribution is 2.29. The Labute approximate surface area is 163 Å². The fourth-order valence-electron chi connectivity index (χ4n) is 3.65. The zero-order valence-electron chi connectivity index (χ0n) is 15.6. The van der Waals surface area contributed by atoms with E-state index in [-0.39, 0.29) is 17.7 Å². The maximum atomic E-state index is 13.0. The van der Waals surface area contributed by atoms with Gasteiger partial charge in [0.1, 0.15) is 11.5 Å². The SMILES string of the molecule is O=C(CC(c1ccccc1)c1ccco1)N1CCN(C(=O)c2ccc[nH]2)CC1. The lowest BCUT2D eigenvalue weighted by Crippen LogP contribution is -2.50. The summed E-state index contributed by atoms with van der Waals surface area (Å²) in [6, 6.07) is 17.3. The van der Waals surface area contributed by atoms with Gasteiger partial charge in [0.2, 0.25) is 5.91 Å². The Hall–Kier alpha value is -3.28. The number of furan rings is 1. The third-order valence-corrected chi connectivity index (χ3v) is 5.22. The van der Waals surface area contributed by atoms with Crippen LogP contribution < -0.4 is 0 Å². The number of amides is 2. The molecule has 1 aliphatic heterocycles. The molecule has 1 fully saturated rings. The molecule has 6 heteroatoms. The molecule has 0 spiro atoms. The van der Waals surface area contributed by atoms with Gasteiger partial charge in [0, 0.05) is 38.8 Å². The molecule has 3 heterocycles. The van der Waals surface area contributed by atoms with Crippen LogP contribution in [0.2, 0.25) is 0 Å². The van der Waals surface area contributed by atoms with E-state index >= 15 is 0 Å². The number of nitrogens with one attached hydrogen (secondary N) is 1. The molecule has 1 aliphatic rings. The fraction of sp³-hybridized carbons (Fsp3) is 0.273. The second kappa shape index (κ2) is 8.17. The number of hydrogen-bond donors (Lipinski definition) is 1. The second-order valence-electron chi connectivity index (χ2n) is 6.94. The zero-order chi connectivity index (χ0) is 19.3. The van der Waals surface area contributed by atoms with Crippen molar-refractivity contribution in [1.29, 1.82) is 0 Å². The highest BCUT2D eigenvalue weighted by Gasteiger charge is 2.28. The van der Waals surface area contributed by atoms with E-state index in [4.69, 9.17) is 4.42 Å². The number of aromatic nitrogens is 1. The van der Waals surface area contributed by atoms with Crippen LogP contribution in [-0.4, -0.2) is 52.8 Å². The van der Waals surface area contributed by atoms with Crippen LogP contribution in [-0.2, 0) is 4.79 Å². The summed E-state index contributed by atoms with van der Waals surface area (Å²) < 4.78 is 5.60. The molecule has 2 aromatic heterocycles. The van der Waals surface area contributed by atoms with E-state index in [2.05, 4.69) is 4.98 Å². The Kier molecular flexibility index (Phi) is 5.28. The highest BCUT2D eigenvalue weighted by molar-refractivity contribution is 5.92. The van der Waals surface area contributed by atoms with Gasteiger partial charge in [0.25, 0.3) is 5.91 Å². The van der Waals surface area contributed by atoms with Crippen molar-refractivity contribution in [2.24, 2.45) is 0 Å². The number of carbonyl (C=O) groups is 2. The molecule has 3 aromatic rings. The summed E-state index contributed by atoms with van der Waals surface area (Å²) >= 11 is 0. The minimum Gasteiger partial charge on any atom is -0.469 e. The smallest absolute Gasteiger partial charge is 0.270 e. The lowest BCUT2D eigenvalue weighted by molar-refractivity contribution is -0.133. The van der Waals surface area contributed by atoms with Crippen molar-refractivity contribution in [3.63, 3.8) is 0 Å². The number of aromatic amines is 1. The van der Waals surface area contributed by atoms with Crippen LogP contribution in [0.4, 0.5) is 0 Å². The topological polar surface area (TPSA) is 69.6 Å². The molecular formula is C22H23N3O3. The summed E-state index contributed by atoms with van der Waals surface area (Å²) in [5.41, 5.74) is 1.65. The maximum Gasteiger partial charge on any atom is 0.270 e. The van der Waals surface area contributed by atoms with Crippen LogP contribution in [0.5, 0.6) is 0 Å². The second-order valence-corrected chi connectivity index (χ2v) is 6.94. The number of H-pyrrole nitrogens is 1. The molecule has 1 aromatic carbocycles. The minimum atomic E-state index is -0.109. The van der Waals surface area contributed by atoms with Gasteiger partial charge in [-0.3, -0.25) is 9.59 Å². The van der Waals surface area contributed by atoms with Crippen LogP contribution in [0.25, 0.3) is 0 Å². The molecule has 0 saturated carbocycles. The molecule has 0 radical (unpaired) electrons. The van der Waals surface area contributed by atoms with Gasteiger partial charge >= 0.3 is 0 Å². The van der Waals surface area contributed by atoms with E-state index in [0.717, 1.165) is 11.3 Å². The highest BCUT2D eigenvalue weighted by atomic mass is 16.3. The molecule has 144 valence electrons. The summed E-state index contributed by atoms with van der Waals surface area (Å²) in [4.78, 5) is 32.0. The van der Waals surface area contributed by atoms with Gasteiger partial charge in [-0.1, -0.05) is 30.3 Å². The Morgan fingerprint density at radius 1 is 0.929 bits per heavy atom. The number of rotatable bonds is 5. The predicted octanol–water partition coefficient (Wildman–Crippen LogP) is 3.11. The minimum absolute atomic E-state index is 0.0187. The normalized spacial score (nSPS) is 15.4. The van der Waals surface area contributed by atoms with Crippen LogP contribution in [0.1, 0.15) is 34.2 Å². The summed E-state index contributed by atoms with van der Waals surface area (Å²) in [7, 11) is 0. The summed E-state index contributed by atoms with van der Waals surface area (Å²) in [6.07, 6.45) is 3.73. The van der Waals surface area contributed by atoms with Crippen molar-refractivity contribution < 1.29 is 14.0 Å². The van der Waals surface area contributed by atoms with Crippen molar-refractivity contribution in [2.45, 2.75) is 12.3 Å². The van der Waals surface area contributed by atoms with Gasteiger partial charge in [-0.15, -0.1) is 0 Å². The van der Waals surface area contributed by atoms with Crippen molar-refractivity contribution >= 4 is 11.8 Å². The van der Waals surface area contributed by atoms with E-state index in [0.29, 0.717) is 38.3 Å². The molecule has 1 saturated heterocycles. The number of piperazine rings is 1. The van der Waals surface area contributed by atoms with Gasteiger partial charge < -0.3 is 19.2 Å². The van der Waals surface area contributed by atoms with E-state index in [1.807, 2.05) is 53.4 Å². The first kappa shape index (κ1) is 18.1. The summed E-state index contributed by atoms with van der Waals surface area (Å²) in [5, 5.41) is 0. The molecule has 1 unspecified atom stereocenters. The molecule has 0 aliphatic carbocycles. The fourth-order valence-corrected chi connectivity index (χ4v) is 3.65. The van der Waals surface area contributed by atoms with Crippen molar-refractivity contribution in [3.8, 4) is 0 Å². The number of benzene rings is 1.